The van der Waals surface area contributed by atoms with E-state index < -0.39 is 0 Å². The summed E-state index contributed by atoms with van der Waals surface area (Å²) in [5.41, 5.74) is 0. The Balaban J connectivity index is 3.24. The van der Waals surface area contributed by atoms with Crippen LogP contribution in [-0.2, 0) is 4.79 Å². The molecule has 0 aliphatic heterocycles. The molecule has 0 saturated carbocycles. The Morgan fingerprint density at radius 1 is 0.500 bits per heavy atom. The minimum atomic E-state index is 0.500. The molecule has 0 bridgehead atoms. The van der Waals surface area contributed by atoms with E-state index in [1.54, 1.807) is 0 Å². The van der Waals surface area contributed by atoms with Gasteiger partial charge < -0.3 is 0 Å². The van der Waals surface area contributed by atoms with Crippen molar-refractivity contribution in [1.29, 1.82) is 0 Å². The summed E-state index contributed by atoms with van der Waals surface area (Å²) in [5.74, 6) is 0.500. The van der Waals surface area contributed by atoms with Gasteiger partial charge in [0.1, 0.15) is 5.78 Å². The molecule has 0 saturated heterocycles. The van der Waals surface area contributed by atoms with Crippen LogP contribution in [0.25, 0.3) is 0 Å². The van der Waals surface area contributed by atoms with Crippen LogP contribution in [0.15, 0.2) is 24.3 Å². The second kappa shape index (κ2) is 24.2. The molecule has 0 amide bonds. The molecule has 28 heavy (non-hydrogen) atoms. The van der Waals surface area contributed by atoms with Gasteiger partial charge in [0.05, 0.1) is 0 Å². The van der Waals surface area contributed by atoms with Crippen molar-refractivity contribution in [3.05, 3.63) is 24.3 Å². The van der Waals surface area contributed by atoms with Crippen LogP contribution in [0, 0.1) is 0 Å². The fourth-order valence-electron chi connectivity index (χ4n) is 3.54. The Hall–Kier alpha value is -0.850. The maximum absolute atomic E-state index is 11.9. The van der Waals surface area contributed by atoms with Crippen LogP contribution in [0.5, 0.6) is 0 Å². The molecule has 164 valence electrons. The molecule has 0 N–H and O–H groups in total. The summed E-state index contributed by atoms with van der Waals surface area (Å²) in [5, 5.41) is 0. The lowest BCUT2D eigenvalue weighted by atomic mass is 10.0. The molecule has 0 aromatic carbocycles. The quantitative estimate of drug-likeness (QED) is 0.133. The van der Waals surface area contributed by atoms with Crippen LogP contribution < -0.4 is 0 Å². The third-order valence-electron chi connectivity index (χ3n) is 5.47. The Bertz CT molecular complexity index is 366. The summed E-state index contributed by atoms with van der Waals surface area (Å²) >= 11 is 0. The average Bonchev–Trinajstić information content (AvgIpc) is 2.70. The summed E-state index contributed by atoms with van der Waals surface area (Å²) in [7, 11) is 0. The Labute approximate surface area is 177 Å². The van der Waals surface area contributed by atoms with Gasteiger partial charge in [0.15, 0.2) is 0 Å². The monoisotopic (exact) mass is 390 g/mol. The number of hydrogen-bond donors (Lipinski definition) is 0. The number of carbonyl (C=O) groups excluding carboxylic acids is 1. The smallest absolute Gasteiger partial charge is 0.132 e. The third-order valence-corrected chi connectivity index (χ3v) is 5.47. The molecular weight excluding hydrogens is 340 g/mol. The van der Waals surface area contributed by atoms with E-state index in [1.807, 2.05) is 0 Å². The van der Waals surface area contributed by atoms with Crippen LogP contribution in [0.3, 0.4) is 0 Å². The predicted octanol–water partition coefficient (Wildman–Crippen LogP) is 9.51. The fourth-order valence-corrected chi connectivity index (χ4v) is 3.54. The van der Waals surface area contributed by atoms with Gasteiger partial charge in [-0.05, 0) is 44.9 Å². The van der Waals surface area contributed by atoms with Gasteiger partial charge in [-0.2, -0.15) is 0 Å². The number of rotatable bonds is 22. The number of Topliss-reactive ketones (excluding diaryl/α,β-unsaturated/α-hetero) is 1. The second-order valence-corrected chi connectivity index (χ2v) is 8.39. The molecule has 0 rings (SSSR count). The van der Waals surface area contributed by atoms with E-state index in [1.165, 1.54) is 96.3 Å². The van der Waals surface area contributed by atoms with E-state index >= 15 is 0 Å². The van der Waals surface area contributed by atoms with E-state index in [0.29, 0.717) is 5.78 Å². The molecule has 0 unspecified atom stereocenters. The average molecular weight is 391 g/mol. The first-order chi connectivity index (χ1) is 13.8. The van der Waals surface area contributed by atoms with E-state index in [0.717, 1.165) is 32.1 Å². The van der Waals surface area contributed by atoms with Crippen LogP contribution in [0.4, 0.5) is 0 Å². The maximum Gasteiger partial charge on any atom is 0.132 e. The van der Waals surface area contributed by atoms with Gasteiger partial charge in [0.2, 0.25) is 0 Å². The Morgan fingerprint density at radius 2 is 0.893 bits per heavy atom. The highest BCUT2D eigenvalue weighted by atomic mass is 16.1. The van der Waals surface area contributed by atoms with Crippen LogP contribution >= 0.6 is 0 Å². The minimum absolute atomic E-state index is 0.500. The zero-order valence-corrected chi connectivity index (χ0v) is 19.4. The summed E-state index contributed by atoms with van der Waals surface area (Å²) < 4.78 is 0. The number of unbranched alkanes of at least 4 members (excludes halogenated alkanes) is 14. The lowest BCUT2D eigenvalue weighted by Gasteiger charge is -2.02. The molecular formula is C27H50O. The highest BCUT2D eigenvalue weighted by Gasteiger charge is 2.01. The van der Waals surface area contributed by atoms with Gasteiger partial charge in [-0.1, -0.05) is 109 Å². The van der Waals surface area contributed by atoms with E-state index in [2.05, 4.69) is 38.2 Å². The van der Waals surface area contributed by atoms with Crippen molar-refractivity contribution in [2.24, 2.45) is 0 Å². The number of carbonyl (C=O) groups is 1. The number of ketones is 1. The van der Waals surface area contributed by atoms with Gasteiger partial charge in [0.25, 0.3) is 0 Å². The highest BCUT2D eigenvalue weighted by Crippen LogP contribution is 2.12. The highest BCUT2D eigenvalue weighted by molar-refractivity contribution is 5.78. The van der Waals surface area contributed by atoms with Gasteiger partial charge in [-0.15, -0.1) is 0 Å². The van der Waals surface area contributed by atoms with E-state index in [-0.39, 0.29) is 0 Å². The molecule has 0 aromatic rings. The fraction of sp³-hybridized carbons (Fsp3) is 0.815. The van der Waals surface area contributed by atoms with Crippen molar-refractivity contribution in [2.45, 2.75) is 142 Å². The molecule has 0 spiro atoms. The van der Waals surface area contributed by atoms with Gasteiger partial charge in [0, 0.05) is 12.8 Å². The van der Waals surface area contributed by atoms with E-state index in [4.69, 9.17) is 0 Å². The standard InChI is InChI=1S/C27H50O/c1-3-5-7-9-11-12-13-14-15-16-17-18-19-20-22-24-26-27(28)25-23-21-10-8-6-4-2/h11-12,14-15H,3-10,13,16-26H2,1-2H3/b12-11-,15-14-. The number of hydrogen-bond acceptors (Lipinski definition) is 1. The van der Waals surface area contributed by atoms with Crippen molar-refractivity contribution >= 4 is 5.78 Å². The molecule has 0 heterocycles. The van der Waals surface area contributed by atoms with Crippen LogP contribution in [0.2, 0.25) is 0 Å². The largest absolute Gasteiger partial charge is 0.300 e. The van der Waals surface area contributed by atoms with Crippen molar-refractivity contribution in [1.82, 2.24) is 0 Å². The molecule has 0 aliphatic rings. The van der Waals surface area contributed by atoms with Crippen molar-refractivity contribution < 1.29 is 4.79 Å². The lowest BCUT2D eigenvalue weighted by Crippen LogP contribution is -1.97. The first-order valence-corrected chi connectivity index (χ1v) is 12.6. The zero-order valence-electron chi connectivity index (χ0n) is 19.4. The molecule has 0 aliphatic carbocycles. The molecule has 0 radical (unpaired) electrons. The predicted molar refractivity (Wildman–Crippen MR) is 127 cm³/mol. The molecule has 1 heteroatoms. The maximum atomic E-state index is 11.9. The SMILES string of the molecule is CCCCC/C=C\C/C=C\CCCCCCCCC(=O)CCCCCCCC. The topological polar surface area (TPSA) is 17.1 Å². The van der Waals surface area contributed by atoms with Crippen molar-refractivity contribution in [2.75, 3.05) is 0 Å². The molecule has 1 nitrogen and oxygen atoms in total. The van der Waals surface area contributed by atoms with Crippen molar-refractivity contribution in [3.63, 3.8) is 0 Å². The molecule has 0 atom stereocenters. The van der Waals surface area contributed by atoms with Crippen molar-refractivity contribution in [3.8, 4) is 0 Å². The Kier molecular flexibility index (Phi) is 23.5. The van der Waals surface area contributed by atoms with E-state index in [9.17, 15) is 4.79 Å². The first-order valence-electron chi connectivity index (χ1n) is 12.6. The second-order valence-electron chi connectivity index (χ2n) is 8.39. The molecule has 0 fully saturated rings. The van der Waals surface area contributed by atoms with Crippen LogP contribution in [-0.4, -0.2) is 5.78 Å². The first kappa shape index (κ1) is 27.1. The van der Waals surface area contributed by atoms with Gasteiger partial charge in [-0.25, -0.2) is 0 Å². The summed E-state index contributed by atoms with van der Waals surface area (Å²) in [6.07, 6.45) is 33.8. The summed E-state index contributed by atoms with van der Waals surface area (Å²) in [6, 6.07) is 0. The number of allylic oxidation sites excluding steroid dienone is 4. The lowest BCUT2D eigenvalue weighted by molar-refractivity contribution is -0.119. The minimum Gasteiger partial charge on any atom is -0.300 e. The van der Waals surface area contributed by atoms with Gasteiger partial charge in [-0.3, -0.25) is 4.79 Å². The summed E-state index contributed by atoms with van der Waals surface area (Å²) in [4.78, 5) is 11.9. The third kappa shape index (κ3) is 23.2. The van der Waals surface area contributed by atoms with Gasteiger partial charge >= 0.3 is 0 Å². The summed E-state index contributed by atoms with van der Waals surface area (Å²) in [6.45, 7) is 4.50. The Morgan fingerprint density at radius 3 is 1.43 bits per heavy atom. The van der Waals surface area contributed by atoms with Crippen LogP contribution in [0.1, 0.15) is 142 Å². The molecule has 0 aromatic heterocycles. The zero-order chi connectivity index (χ0) is 20.5. The normalized spacial score (nSPS) is 11.8.